The maximum atomic E-state index is 9.92. The van der Waals surface area contributed by atoms with E-state index in [0.717, 1.165) is 12.8 Å². The average molecular weight is 184 g/mol. The summed E-state index contributed by atoms with van der Waals surface area (Å²) in [6, 6.07) is 0. The Hall–Kier alpha value is -0.0800. The van der Waals surface area contributed by atoms with Gasteiger partial charge in [0, 0.05) is 0 Å². The van der Waals surface area contributed by atoms with Crippen LogP contribution in [0.25, 0.3) is 0 Å². The number of ether oxygens (including phenoxy) is 1. The molecule has 2 heteroatoms. The van der Waals surface area contributed by atoms with E-state index < -0.39 is 5.60 Å². The minimum Gasteiger partial charge on any atom is -0.390 e. The molecule has 0 radical (unpaired) electrons. The number of epoxide rings is 1. The van der Waals surface area contributed by atoms with Crippen LogP contribution in [0.15, 0.2) is 0 Å². The number of hydrogen-bond donors (Lipinski definition) is 1. The van der Waals surface area contributed by atoms with Crippen molar-refractivity contribution in [2.75, 3.05) is 0 Å². The second-order valence-electron chi connectivity index (χ2n) is 5.51. The molecule has 0 aromatic carbocycles. The van der Waals surface area contributed by atoms with E-state index in [4.69, 9.17) is 4.74 Å². The van der Waals surface area contributed by atoms with Gasteiger partial charge in [0.1, 0.15) is 0 Å². The third-order valence-electron chi connectivity index (χ3n) is 4.09. The summed E-state index contributed by atoms with van der Waals surface area (Å²) in [6.45, 7) is 8.26. The van der Waals surface area contributed by atoms with E-state index in [1.807, 2.05) is 13.8 Å². The predicted octanol–water partition coefficient (Wildman–Crippen LogP) is 1.96. The minimum absolute atomic E-state index is 0.141. The zero-order chi connectivity index (χ0) is 9.85. The first-order valence-electron chi connectivity index (χ1n) is 5.24. The second kappa shape index (κ2) is 2.48. The highest BCUT2D eigenvalue weighted by Gasteiger charge is 2.60. The molecule has 0 amide bonds. The standard InChI is InChI=1S/C11H20O2/c1-7-5-8(10(2,3)12)6-9-11(7,4)13-9/h7-9,12H,5-6H2,1-4H3/t7?,8-,9?,11-/m0/s1. The van der Waals surface area contributed by atoms with E-state index in [-0.39, 0.29) is 5.60 Å². The summed E-state index contributed by atoms with van der Waals surface area (Å²) < 4.78 is 5.69. The zero-order valence-corrected chi connectivity index (χ0v) is 9.00. The van der Waals surface area contributed by atoms with Crippen LogP contribution in [-0.2, 0) is 4.74 Å². The highest BCUT2D eigenvalue weighted by molar-refractivity contribution is 5.08. The molecule has 2 unspecified atom stereocenters. The Bertz CT molecular complexity index is 219. The molecule has 0 aromatic heterocycles. The molecule has 0 bridgehead atoms. The van der Waals surface area contributed by atoms with Crippen LogP contribution in [0.4, 0.5) is 0 Å². The summed E-state index contributed by atoms with van der Waals surface area (Å²) in [6.07, 6.45) is 2.54. The Morgan fingerprint density at radius 1 is 1.38 bits per heavy atom. The monoisotopic (exact) mass is 184 g/mol. The van der Waals surface area contributed by atoms with Gasteiger partial charge >= 0.3 is 0 Å². The fourth-order valence-corrected chi connectivity index (χ4v) is 2.58. The van der Waals surface area contributed by atoms with Crippen LogP contribution in [0, 0.1) is 11.8 Å². The molecule has 13 heavy (non-hydrogen) atoms. The maximum absolute atomic E-state index is 9.92. The number of rotatable bonds is 1. The van der Waals surface area contributed by atoms with Crippen molar-refractivity contribution >= 4 is 0 Å². The molecule has 1 saturated heterocycles. The van der Waals surface area contributed by atoms with Gasteiger partial charge in [-0.2, -0.15) is 0 Å². The maximum Gasteiger partial charge on any atom is 0.0946 e. The molecule has 0 spiro atoms. The highest BCUT2D eigenvalue weighted by atomic mass is 16.6. The van der Waals surface area contributed by atoms with E-state index >= 15 is 0 Å². The molecule has 1 N–H and O–H groups in total. The lowest BCUT2D eigenvalue weighted by atomic mass is 9.70. The highest BCUT2D eigenvalue weighted by Crippen LogP contribution is 2.54. The van der Waals surface area contributed by atoms with Crippen molar-refractivity contribution in [3.8, 4) is 0 Å². The van der Waals surface area contributed by atoms with Gasteiger partial charge in [0.15, 0.2) is 0 Å². The summed E-state index contributed by atoms with van der Waals surface area (Å²) in [4.78, 5) is 0. The SMILES string of the molecule is CC1C[C@H](C(C)(C)O)CC2O[C@@]12C. The Morgan fingerprint density at radius 2 is 2.00 bits per heavy atom. The smallest absolute Gasteiger partial charge is 0.0946 e. The van der Waals surface area contributed by atoms with Gasteiger partial charge in [-0.3, -0.25) is 0 Å². The van der Waals surface area contributed by atoms with Crippen molar-refractivity contribution in [3.63, 3.8) is 0 Å². The van der Waals surface area contributed by atoms with Crippen molar-refractivity contribution in [1.29, 1.82) is 0 Å². The molecular formula is C11H20O2. The summed E-state index contributed by atoms with van der Waals surface area (Å²) in [5, 5.41) is 9.92. The van der Waals surface area contributed by atoms with Gasteiger partial charge < -0.3 is 9.84 Å². The molecule has 2 fully saturated rings. The molecule has 1 heterocycles. The van der Waals surface area contributed by atoms with Crippen LogP contribution in [-0.4, -0.2) is 22.4 Å². The van der Waals surface area contributed by atoms with Gasteiger partial charge in [-0.25, -0.2) is 0 Å². The third-order valence-corrected chi connectivity index (χ3v) is 4.09. The van der Waals surface area contributed by atoms with Crippen LogP contribution >= 0.6 is 0 Å². The minimum atomic E-state index is -0.540. The van der Waals surface area contributed by atoms with Gasteiger partial charge in [0.2, 0.25) is 0 Å². The Labute approximate surface area is 80.3 Å². The van der Waals surface area contributed by atoms with Crippen molar-refractivity contribution in [3.05, 3.63) is 0 Å². The summed E-state index contributed by atoms with van der Waals surface area (Å²) >= 11 is 0. The summed E-state index contributed by atoms with van der Waals surface area (Å²) in [5.41, 5.74) is -0.400. The largest absolute Gasteiger partial charge is 0.390 e. The average Bonchev–Trinajstić information content (AvgIpc) is 2.60. The van der Waals surface area contributed by atoms with E-state index in [9.17, 15) is 5.11 Å². The predicted molar refractivity (Wildman–Crippen MR) is 51.5 cm³/mol. The molecule has 2 nitrogen and oxygen atoms in total. The van der Waals surface area contributed by atoms with Gasteiger partial charge in [0.25, 0.3) is 0 Å². The molecule has 76 valence electrons. The molecule has 0 aromatic rings. The molecule has 4 atom stereocenters. The third kappa shape index (κ3) is 1.40. The first-order chi connectivity index (χ1) is 5.84. The zero-order valence-electron chi connectivity index (χ0n) is 9.00. The first kappa shape index (κ1) is 9.47. The van der Waals surface area contributed by atoms with Crippen LogP contribution in [0.1, 0.15) is 40.5 Å². The summed E-state index contributed by atoms with van der Waals surface area (Å²) in [7, 11) is 0. The van der Waals surface area contributed by atoms with E-state index in [2.05, 4.69) is 13.8 Å². The Balaban J connectivity index is 2.06. The molecule has 1 aliphatic carbocycles. The molecule has 2 rings (SSSR count). The lowest BCUT2D eigenvalue weighted by Crippen LogP contribution is -2.40. The van der Waals surface area contributed by atoms with Crippen molar-refractivity contribution < 1.29 is 9.84 Å². The second-order valence-corrected chi connectivity index (χ2v) is 5.51. The van der Waals surface area contributed by atoms with Gasteiger partial charge in [-0.15, -0.1) is 0 Å². The normalized spacial score (nSPS) is 50.1. The van der Waals surface area contributed by atoms with E-state index in [1.165, 1.54) is 0 Å². The van der Waals surface area contributed by atoms with E-state index in [0.29, 0.717) is 17.9 Å². The fraction of sp³-hybridized carbons (Fsp3) is 1.00. The van der Waals surface area contributed by atoms with Gasteiger partial charge in [-0.05, 0) is 45.4 Å². The van der Waals surface area contributed by atoms with E-state index in [1.54, 1.807) is 0 Å². The lowest BCUT2D eigenvalue weighted by molar-refractivity contribution is -0.00682. The van der Waals surface area contributed by atoms with Crippen molar-refractivity contribution in [1.82, 2.24) is 0 Å². The van der Waals surface area contributed by atoms with Gasteiger partial charge in [0.05, 0.1) is 17.3 Å². The number of fused-ring (bicyclic) bond motifs is 1. The van der Waals surface area contributed by atoms with Crippen molar-refractivity contribution in [2.45, 2.75) is 57.8 Å². The Kier molecular flexibility index (Phi) is 1.81. The molecule has 1 aliphatic heterocycles. The molecular weight excluding hydrogens is 164 g/mol. The van der Waals surface area contributed by atoms with Gasteiger partial charge in [-0.1, -0.05) is 6.92 Å². The molecule has 2 aliphatic rings. The number of aliphatic hydroxyl groups is 1. The van der Waals surface area contributed by atoms with Crippen LogP contribution in [0.5, 0.6) is 0 Å². The van der Waals surface area contributed by atoms with Crippen LogP contribution in [0.3, 0.4) is 0 Å². The quantitative estimate of drug-likeness (QED) is 0.632. The number of hydrogen-bond acceptors (Lipinski definition) is 2. The Morgan fingerprint density at radius 3 is 2.46 bits per heavy atom. The first-order valence-corrected chi connectivity index (χ1v) is 5.24. The van der Waals surface area contributed by atoms with Crippen LogP contribution in [0.2, 0.25) is 0 Å². The topological polar surface area (TPSA) is 32.8 Å². The van der Waals surface area contributed by atoms with Crippen LogP contribution < -0.4 is 0 Å². The van der Waals surface area contributed by atoms with Crippen molar-refractivity contribution in [2.24, 2.45) is 11.8 Å². The molecule has 1 saturated carbocycles. The lowest BCUT2D eigenvalue weighted by Gasteiger charge is -2.35. The summed E-state index contributed by atoms with van der Waals surface area (Å²) in [5.74, 6) is 0.991. The fourth-order valence-electron chi connectivity index (χ4n) is 2.58.